The summed E-state index contributed by atoms with van der Waals surface area (Å²) in [4.78, 5) is 0. The number of hydrogen-bond acceptors (Lipinski definition) is 3. The van der Waals surface area contributed by atoms with E-state index in [0.717, 1.165) is 16.8 Å². The lowest BCUT2D eigenvalue weighted by Crippen LogP contribution is -2.00. The Balaban J connectivity index is 2.41. The molecule has 0 aliphatic carbocycles. The molecule has 2 aromatic rings. The standard InChI is InChI=1S/C13H16FN3O/c1-3-18-13-5-4-9(6-11(13)14)10-8-17(2)16-12(10)7-15/h4-6,8H,3,7,15H2,1-2H3. The number of nitrogens with zero attached hydrogens (tertiary/aromatic N) is 2. The molecule has 1 aromatic carbocycles. The van der Waals surface area contributed by atoms with Gasteiger partial charge in [-0.05, 0) is 24.6 Å². The number of hydrogen-bond donors (Lipinski definition) is 1. The van der Waals surface area contributed by atoms with E-state index in [1.165, 1.54) is 6.07 Å². The minimum absolute atomic E-state index is 0.263. The number of benzene rings is 1. The van der Waals surface area contributed by atoms with E-state index in [2.05, 4.69) is 5.10 Å². The number of rotatable bonds is 4. The molecule has 2 rings (SSSR count). The Bertz CT molecular complexity index is 551. The third-order valence-electron chi connectivity index (χ3n) is 2.64. The van der Waals surface area contributed by atoms with Gasteiger partial charge in [0.25, 0.3) is 0 Å². The molecule has 0 radical (unpaired) electrons. The fraction of sp³-hybridized carbons (Fsp3) is 0.308. The summed E-state index contributed by atoms with van der Waals surface area (Å²) in [5.74, 6) is -0.111. The Morgan fingerprint density at radius 2 is 2.22 bits per heavy atom. The van der Waals surface area contributed by atoms with E-state index in [9.17, 15) is 4.39 Å². The van der Waals surface area contributed by atoms with Crippen LogP contribution < -0.4 is 10.5 Å². The molecule has 96 valence electrons. The highest BCUT2D eigenvalue weighted by Crippen LogP contribution is 2.27. The molecule has 1 heterocycles. The van der Waals surface area contributed by atoms with Crippen molar-refractivity contribution in [2.75, 3.05) is 6.61 Å². The van der Waals surface area contributed by atoms with Crippen LogP contribution in [0.3, 0.4) is 0 Å². The van der Waals surface area contributed by atoms with Gasteiger partial charge in [0.05, 0.1) is 12.3 Å². The van der Waals surface area contributed by atoms with Crippen molar-refractivity contribution in [1.82, 2.24) is 9.78 Å². The van der Waals surface area contributed by atoms with Gasteiger partial charge in [0.1, 0.15) is 0 Å². The van der Waals surface area contributed by atoms with Gasteiger partial charge < -0.3 is 10.5 Å². The largest absolute Gasteiger partial charge is 0.491 e. The molecule has 0 bridgehead atoms. The summed E-state index contributed by atoms with van der Waals surface area (Å²) in [7, 11) is 1.81. The zero-order valence-electron chi connectivity index (χ0n) is 10.5. The maximum atomic E-state index is 13.8. The fourth-order valence-electron chi connectivity index (χ4n) is 1.87. The van der Waals surface area contributed by atoms with Crippen molar-refractivity contribution in [2.45, 2.75) is 13.5 Å². The van der Waals surface area contributed by atoms with Crippen molar-refractivity contribution in [3.05, 3.63) is 35.9 Å². The molecule has 1 aromatic heterocycles. The molecule has 18 heavy (non-hydrogen) atoms. The number of nitrogens with two attached hydrogens (primary N) is 1. The number of halogens is 1. The van der Waals surface area contributed by atoms with Crippen LogP contribution in [0.15, 0.2) is 24.4 Å². The molecular formula is C13H16FN3O. The van der Waals surface area contributed by atoms with Crippen LogP contribution in [-0.2, 0) is 13.6 Å². The van der Waals surface area contributed by atoms with E-state index in [-0.39, 0.29) is 11.6 Å². The third-order valence-corrected chi connectivity index (χ3v) is 2.64. The van der Waals surface area contributed by atoms with Crippen molar-refractivity contribution in [1.29, 1.82) is 0 Å². The van der Waals surface area contributed by atoms with Gasteiger partial charge >= 0.3 is 0 Å². The first-order chi connectivity index (χ1) is 8.65. The van der Waals surface area contributed by atoms with Crippen molar-refractivity contribution in [2.24, 2.45) is 12.8 Å². The molecule has 0 aliphatic heterocycles. The van der Waals surface area contributed by atoms with E-state index >= 15 is 0 Å². The average molecular weight is 249 g/mol. The Morgan fingerprint density at radius 3 is 2.83 bits per heavy atom. The van der Waals surface area contributed by atoms with Gasteiger partial charge in [0.2, 0.25) is 0 Å². The zero-order valence-corrected chi connectivity index (χ0v) is 10.5. The van der Waals surface area contributed by atoms with Crippen LogP contribution in [0.4, 0.5) is 4.39 Å². The Labute approximate surface area is 105 Å². The Kier molecular flexibility index (Phi) is 3.62. The summed E-state index contributed by atoms with van der Waals surface area (Å²) in [5.41, 5.74) is 7.98. The van der Waals surface area contributed by atoms with Crippen LogP contribution in [0, 0.1) is 5.82 Å². The molecule has 0 amide bonds. The predicted octanol–water partition coefficient (Wildman–Crippen LogP) is 2.08. The molecule has 0 aliphatic rings. The number of aromatic nitrogens is 2. The topological polar surface area (TPSA) is 53.1 Å². The molecule has 0 saturated heterocycles. The summed E-state index contributed by atoms with van der Waals surface area (Å²) in [6.07, 6.45) is 1.83. The first-order valence-corrected chi connectivity index (χ1v) is 5.81. The summed E-state index contributed by atoms with van der Waals surface area (Å²) in [6.45, 7) is 2.59. The summed E-state index contributed by atoms with van der Waals surface area (Å²) >= 11 is 0. The van der Waals surface area contributed by atoms with Gasteiger partial charge in [0, 0.05) is 25.4 Å². The Hall–Kier alpha value is -1.88. The molecule has 5 heteroatoms. The highest BCUT2D eigenvalue weighted by Gasteiger charge is 2.11. The lowest BCUT2D eigenvalue weighted by atomic mass is 10.1. The smallest absolute Gasteiger partial charge is 0.165 e. The summed E-state index contributed by atoms with van der Waals surface area (Å²) in [5, 5.41) is 4.23. The highest BCUT2D eigenvalue weighted by molar-refractivity contribution is 5.66. The van der Waals surface area contributed by atoms with Crippen LogP contribution in [0.2, 0.25) is 0 Å². The first-order valence-electron chi connectivity index (χ1n) is 5.81. The van der Waals surface area contributed by atoms with Gasteiger partial charge in [-0.1, -0.05) is 6.07 Å². The normalized spacial score (nSPS) is 10.7. The minimum Gasteiger partial charge on any atom is -0.491 e. The third kappa shape index (κ3) is 2.36. The zero-order chi connectivity index (χ0) is 13.1. The lowest BCUT2D eigenvalue weighted by Gasteiger charge is -2.06. The highest BCUT2D eigenvalue weighted by atomic mass is 19.1. The minimum atomic E-state index is -0.374. The van der Waals surface area contributed by atoms with E-state index in [1.54, 1.807) is 10.7 Å². The second-order valence-corrected chi connectivity index (χ2v) is 3.95. The predicted molar refractivity (Wildman–Crippen MR) is 67.7 cm³/mol. The van der Waals surface area contributed by atoms with Crippen molar-refractivity contribution < 1.29 is 9.13 Å². The van der Waals surface area contributed by atoms with Gasteiger partial charge in [-0.3, -0.25) is 4.68 Å². The van der Waals surface area contributed by atoms with E-state index in [1.807, 2.05) is 26.2 Å². The van der Waals surface area contributed by atoms with Crippen LogP contribution in [0.25, 0.3) is 11.1 Å². The first kappa shape index (κ1) is 12.6. The van der Waals surface area contributed by atoms with Crippen LogP contribution >= 0.6 is 0 Å². The second-order valence-electron chi connectivity index (χ2n) is 3.95. The molecule has 0 unspecified atom stereocenters. The van der Waals surface area contributed by atoms with Crippen molar-refractivity contribution in [3.63, 3.8) is 0 Å². The average Bonchev–Trinajstić information content (AvgIpc) is 2.73. The van der Waals surface area contributed by atoms with E-state index in [0.29, 0.717) is 13.2 Å². The molecule has 0 fully saturated rings. The SMILES string of the molecule is CCOc1ccc(-c2cn(C)nc2CN)cc1F. The summed E-state index contributed by atoms with van der Waals surface area (Å²) < 4.78 is 20.6. The van der Waals surface area contributed by atoms with Crippen LogP contribution in [0.5, 0.6) is 5.75 Å². The number of ether oxygens (including phenoxy) is 1. The fourth-order valence-corrected chi connectivity index (χ4v) is 1.87. The maximum absolute atomic E-state index is 13.8. The molecule has 0 saturated carbocycles. The number of aryl methyl sites for hydroxylation is 1. The van der Waals surface area contributed by atoms with Gasteiger partial charge in [0.15, 0.2) is 11.6 Å². The van der Waals surface area contributed by atoms with Crippen molar-refractivity contribution in [3.8, 4) is 16.9 Å². The second kappa shape index (κ2) is 5.18. The van der Waals surface area contributed by atoms with Gasteiger partial charge in [-0.2, -0.15) is 5.10 Å². The summed E-state index contributed by atoms with van der Waals surface area (Å²) in [6, 6.07) is 4.88. The molecule has 0 atom stereocenters. The van der Waals surface area contributed by atoms with E-state index in [4.69, 9.17) is 10.5 Å². The monoisotopic (exact) mass is 249 g/mol. The van der Waals surface area contributed by atoms with E-state index < -0.39 is 0 Å². The molecule has 4 nitrogen and oxygen atoms in total. The lowest BCUT2D eigenvalue weighted by molar-refractivity contribution is 0.321. The Morgan fingerprint density at radius 1 is 1.44 bits per heavy atom. The maximum Gasteiger partial charge on any atom is 0.165 e. The molecule has 2 N–H and O–H groups in total. The molecular weight excluding hydrogens is 233 g/mol. The van der Waals surface area contributed by atoms with Gasteiger partial charge in [-0.25, -0.2) is 4.39 Å². The van der Waals surface area contributed by atoms with Crippen molar-refractivity contribution >= 4 is 0 Å². The van der Waals surface area contributed by atoms with Crippen LogP contribution in [0.1, 0.15) is 12.6 Å². The van der Waals surface area contributed by atoms with Gasteiger partial charge in [-0.15, -0.1) is 0 Å². The van der Waals surface area contributed by atoms with Crippen LogP contribution in [-0.4, -0.2) is 16.4 Å². The quantitative estimate of drug-likeness (QED) is 0.902. The molecule has 0 spiro atoms.